The molecule has 2 atom stereocenters. The van der Waals surface area contributed by atoms with E-state index in [0.717, 1.165) is 22.9 Å². The molecule has 1 amide bonds. The van der Waals surface area contributed by atoms with Gasteiger partial charge in [-0.3, -0.25) is 14.2 Å². The van der Waals surface area contributed by atoms with Crippen LogP contribution in [0, 0.1) is 5.92 Å². The Morgan fingerprint density at radius 2 is 2.16 bits per heavy atom. The van der Waals surface area contributed by atoms with Crippen LogP contribution in [0.1, 0.15) is 53.4 Å². The van der Waals surface area contributed by atoms with Crippen LogP contribution in [0.2, 0.25) is 0 Å². The van der Waals surface area contributed by atoms with Crippen molar-refractivity contribution in [3.8, 4) is 0 Å². The highest BCUT2D eigenvalue weighted by molar-refractivity contribution is 8.06. The first-order valence-electron chi connectivity index (χ1n) is 13.2. The number of unbranched alkanes of at least 4 members (excludes halogenated alkanes) is 1. The molecule has 1 saturated heterocycles. The minimum absolute atomic E-state index is 0.0898. The number of hydrogen-bond acceptors (Lipinski definition) is 5. The Morgan fingerprint density at radius 1 is 1.37 bits per heavy atom. The van der Waals surface area contributed by atoms with Crippen LogP contribution in [-0.2, 0) is 4.79 Å². The van der Waals surface area contributed by atoms with Gasteiger partial charge in [-0.25, -0.2) is 0 Å². The molecule has 1 N–H and O–H groups in total. The molecule has 0 bridgehead atoms. The summed E-state index contributed by atoms with van der Waals surface area (Å²) in [5, 5.41) is 8.24. The molecule has 0 aromatic rings. The fourth-order valence-corrected chi connectivity index (χ4v) is 4.96. The van der Waals surface area contributed by atoms with Gasteiger partial charge < -0.3 is 10.2 Å². The Kier molecular flexibility index (Phi) is 13.8. The van der Waals surface area contributed by atoms with Crippen molar-refractivity contribution in [2.24, 2.45) is 16.1 Å². The van der Waals surface area contributed by atoms with E-state index in [1.807, 2.05) is 50.5 Å². The van der Waals surface area contributed by atoms with Crippen molar-refractivity contribution >= 4 is 29.2 Å². The van der Waals surface area contributed by atoms with Crippen LogP contribution in [0.5, 0.6) is 0 Å². The average molecular weight is 543 g/mol. The topological polar surface area (TPSA) is 57.1 Å². The fraction of sp³-hybridized carbons (Fsp3) is 0.433. The molecule has 5 nitrogen and oxygen atoms in total. The number of thioether (sulfide) groups is 1. The van der Waals surface area contributed by atoms with Crippen LogP contribution in [0.3, 0.4) is 0 Å². The van der Waals surface area contributed by atoms with E-state index in [0.29, 0.717) is 37.0 Å². The molecule has 0 aromatic carbocycles. The maximum absolute atomic E-state index is 13.8. The molecule has 2 aliphatic rings. The lowest BCUT2D eigenvalue weighted by molar-refractivity contribution is -0.118. The molecule has 1 fully saturated rings. The summed E-state index contributed by atoms with van der Waals surface area (Å²) in [5.41, 5.74) is 2.48. The van der Waals surface area contributed by atoms with Gasteiger partial charge in [0.1, 0.15) is 11.5 Å². The zero-order valence-corrected chi connectivity index (χ0v) is 23.7. The monoisotopic (exact) mass is 542 g/mol. The third-order valence-corrected chi connectivity index (χ3v) is 7.50. The van der Waals surface area contributed by atoms with E-state index in [4.69, 9.17) is 4.99 Å². The van der Waals surface area contributed by atoms with Crippen LogP contribution in [0.4, 0.5) is 8.87 Å². The Hall–Kier alpha value is -3.00. The van der Waals surface area contributed by atoms with E-state index in [9.17, 15) is 13.7 Å². The SMILES string of the molecule is C=C/C=C\C=C(\C(=O)NC1CC2=C(C(/C=C\CCCF)=N/F)CN=C(C(=CC)S/C=C\C)N2C1)C(C)CC. The third-order valence-electron chi connectivity index (χ3n) is 6.42. The number of halogens is 2. The summed E-state index contributed by atoms with van der Waals surface area (Å²) in [7, 11) is 0. The zero-order valence-electron chi connectivity index (χ0n) is 22.9. The lowest BCUT2D eigenvalue weighted by atomic mass is 9.96. The van der Waals surface area contributed by atoms with Gasteiger partial charge in [-0.2, -0.15) is 0 Å². The standard InChI is InChI=1S/C30H40F2N4OS/c1-6-10-12-15-24(22(5)8-3)30(37)34-23-19-27-25(26(35-32)16-13-11-14-17-31)20-33-29(36(27)21-23)28(9-4)38-18-7-2/h6-7,9-10,12-13,15-16,18,22-23H,1,8,11,14,17,19-21H2,2-5H3,(H,34,37)/b12-10-,16-13-,18-7-,24-15+,28-9?,35-26+. The Labute approximate surface area is 230 Å². The van der Waals surface area contributed by atoms with Crippen molar-refractivity contribution in [1.82, 2.24) is 10.2 Å². The van der Waals surface area contributed by atoms with Crippen molar-refractivity contribution in [3.63, 3.8) is 0 Å². The molecule has 0 spiro atoms. The second-order valence-electron chi connectivity index (χ2n) is 9.05. The number of nitrogens with zero attached hydrogens (tertiary/aromatic N) is 3. The van der Waals surface area contributed by atoms with E-state index in [1.165, 1.54) is 0 Å². The number of carbonyl (C=O) groups is 1. The Morgan fingerprint density at radius 3 is 2.79 bits per heavy atom. The lowest BCUT2D eigenvalue weighted by Crippen LogP contribution is -2.40. The number of hydrogen-bond donors (Lipinski definition) is 1. The van der Waals surface area contributed by atoms with Crippen molar-refractivity contribution in [3.05, 3.63) is 82.3 Å². The number of nitrogens with one attached hydrogen (secondary N) is 1. The summed E-state index contributed by atoms with van der Waals surface area (Å²) in [6.45, 7) is 12.1. The van der Waals surface area contributed by atoms with Gasteiger partial charge in [-0.15, -0.1) is 0 Å². The van der Waals surface area contributed by atoms with E-state index in [-0.39, 0.29) is 30.1 Å². The zero-order chi connectivity index (χ0) is 27.9. The second kappa shape index (κ2) is 16.8. The van der Waals surface area contributed by atoms with Crippen molar-refractivity contribution in [1.29, 1.82) is 0 Å². The first kappa shape index (κ1) is 31.2. The van der Waals surface area contributed by atoms with Crippen LogP contribution >= 0.6 is 11.8 Å². The van der Waals surface area contributed by atoms with Gasteiger partial charge in [0.05, 0.1) is 19.3 Å². The van der Waals surface area contributed by atoms with Gasteiger partial charge in [0.2, 0.25) is 5.91 Å². The van der Waals surface area contributed by atoms with Crippen LogP contribution < -0.4 is 5.32 Å². The number of fused-ring (bicyclic) bond motifs is 1. The average Bonchev–Trinajstić information content (AvgIpc) is 3.35. The first-order valence-corrected chi connectivity index (χ1v) is 14.0. The van der Waals surface area contributed by atoms with Crippen LogP contribution in [-0.4, -0.2) is 48.2 Å². The van der Waals surface area contributed by atoms with Gasteiger partial charge in [-0.05, 0) is 50.5 Å². The predicted molar refractivity (Wildman–Crippen MR) is 159 cm³/mol. The van der Waals surface area contributed by atoms with Gasteiger partial charge >= 0.3 is 0 Å². The quantitative estimate of drug-likeness (QED) is 0.108. The molecule has 206 valence electrons. The molecule has 2 unspecified atom stereocenters. The molecule has 8 heteroatoms. The number of carbonyl (C=O) groups excluding carboxylic acids is 1. The number of alkyl halides is 1. The van der Waals surface area contributed by atoms with Crippen molar-refractivity contribution in [2.45, 2.75) is 59.4 Å². The molecule has 0 aromatic heterocycles. The number of allylic oxidation sites excluding steroid dienone is 8. The summed E-state index contributed by atoms with van der Waals surface area (Å²) in [6.07, 6.45) is 16.7. The molecule has 2 heterocycles. The molecule has 2 aliphatic heterocycles. The molecule has 0 saturated carbocycles. The summed E-state index contributed by atoms with van der Waals surface area (Å²) in [4.78, 5) is 21.2. The maximum atomic E-state index is 13.8. The van der Waals surface area contributed by atoms with Crippen molar-refractivity contribution < 1.29 is 13.7 Å². The van der Waals surface area contributed by atoms with Gasteiger partial charge in [-0.1, -0.05) is 84.4 Å². The first-order chi connectivity index (χ1) is 18.4. The second-order valence-corrected chi connectivity index (χ2v) is 9.99. The molecular weight excluding hydrogens is 502 g/mol. The summed E-state index contributed by atoms with van der Waals surface area (Å²) < 4.78 is 26.3. The van der Waals surface area contributed by atoms with Gasteiger partial charge in [0, 0.05) is 34.7 Å². The summed E-state index contributed by atoms with van der Waals surface area (Å²) in [5.74, 6) is 0.780. The van der Waals surface area contributed by atoms with E-state index in [2.05, 4.69) is 28.9 Å². The van der Waals surface area contributed by atoms with E-state index < -0.39 is 6.67 Å². The van der Waals surface area contributed by atoms with Gasteiger partial charge in [0.25, 0.3) is 0 Å². The van der Waals surface area contributed by atoms with Crippen LogP contribution in [0.25, 0.3) is 0 Å². The highest BCUT2D eigenvalue weighted by Gasteiger charge is 2.37. The van der Waals surface area contributed by atoms with Crippen molar-refractivity contribution in [2.75, 3.05) is 19.8 Å². The van der Waals surface area contributed by atoms with E-state index >= 15 is 0 Å². The molecule has 0 radical (unpaired) electrons. The Balaban J connectivity index is 2.41. The number of aliphatic imine (C=N–C) groups is 1. The van der Waals surface area contributed by atoms with E-state index in [1.54, 1.807) is 36.1 Å². The highest BCUT2D eigenvalue weighted by Crippen LogP contribution is 2.34. The number of amides is 1. The fourth-order valence-electron chi connectivity index (χ4n) is 4.26. The Bertz CT molecular complexity index is 1080. The summed E-state index contributed by atoms with van der Waals surface area (Å²) >= 11 is 1.57. The minimum Gasteiger partial charge on any atom is -0.347 e. The van der Waals surface area contributed by atoms with Crippen LogP contribution in [0.15, 0.2) is 92.6 Å². The highest BCUT2D eigenvalue weighted by atomic mass is 32.2. The largest absolute Gasteiger partial charge is 0.347 e. The molecular formula is C30H40F2N4OS. The molecule has 2 rings (SSSR count). The summed E-state index contributed by atoms with van der Waals surface area (Å²) in [6, 6.07) is -0.187. The third kappa shape index (κ3) is 8.51. The smallest absolute Gasteiger partial charge is 0.247 e. The number of rotatable bonds is 14. The van der Waals surface area contributed by atoms with Gasteiger partial charge in [0.15, 0.2) is 0 Å². The predicted octanol–water partition coefficient (Wildman–Crippen LogP) is 7.36. The maximum Gasteiger partial charge on any atom is 0.247 e. The molecule has 0 aliphatic carbocycles. The minimum atomic E-state index is -0.421. The lowest BCUT2D eigenvalue weighted by Gasteiger charge is -2.29. The molecule has 38 heavy (non-hydrogen) atoms. The number of amidine groups is 1. The normalized spacial score (nSPS) is 20.1.